The quantitative estimate of drug-likeness (QED) is 0.303. The van der Waals surface area contributed by atoms with Crippen LogP contribution in [0.2, 0.25) is 0 Å². The van der Waals surface area contributed by atoms with Gasteiger partial charge in [0.2, 0.25) is 6.29 Å². The van der Waals surface area contributed by atoms with E-state index in [1.165, 1.54) is 0 Å². The number of rotatable bonds is 4. The van der Waals surface area contributed by atoms with E-state index in [4.69, 9.17) is 9.84 Å². The number of aliphatic hydroxyl groups excluding tert-OH is 1. The number of carbonyl (C=O) groups excluding carboxylic acids is 1. The van der Waals surface area contributed by atoms with Gasteiger partial charge in [0.05, 0.1) is 6.10 Å². The third-order valence-corrected chi connectivity index (χ3v) is 0.972. The molecule has 4 nitrogen and oxygen atoms in total. The Morgan fingerprint density at radius 1 is 1.42 bits per heavy atom. The molecule has 0 amide bonds. The molecule has 0 aromatic rings. The molecular weight excluding hydrogens is 160 g/mol. The molecule has 0 aliphatic rings. The maximum Gasteiger partial charge on any atom is 0.375 e. The molecule has 0 bridgehead atoms. The van der Waals surface area contributed by atoms with E-state index >= 15 is 0 Å². The highest BCUT2D eigenvalue weighted by molar-refractivity contribution is 5.84. The van der Waals surface area contributed by atoms with Gasteiger partial charge < -0.3 is 14.6 Å². The maximum atomic E-state index is 10.7. The van der Waals surface area contributed by atoms with Gasteiger partial charge >= 0.3 is 5.97 Å². The Morgan fingerprint density at radius 3 is 2.25 bits per heavy atom. The second-order valence-corrected chi connectivity index (χ2v) is 2.60. The first kappa shape index (κ1) is 11.0. The van der Waals surface area contributed by atoms with Crippen LogP contribution in [0.25, 0.3) is 0 Å². The van der Waals surface area contributed by atoms with Crippen LogP contribution in [0, 0.1) is 0 Å². The predicted octanol–water partition coefficient (Wildman–Crippen LogP) is 1.37. The first-order valence-corrected chi connectivity index (χ1v) is 3.67. The molecule has 0 heterocycles. The molecule has 70 valence electrons. The average molecular weight is 174 g/mol. The smallest absolute Gasteiger partial charge is 0.375 e. The van der Waals surface area contributed by atoms with Crippen LogP contribution in [-0.2, 0) is 14.3 Å². The second kappa shape index (κ2) is 4.77. The Labute approximate surface area is 71.8 Å². The minimum Gasteiger partial charge on any atom is -0.502 e. The Morgan fingerprint density at radius 2 is 1.92 bits per heavy atom. The molecule has 1 N–H and O–H groups in total. The molecule has 0 saturated heterocycles. The van der Waals surface area contributed by atoms with Crippen LogP contribution in [0.15, 0.2) is 12.3 Å². The van der Waals surface area contributed by atoms with Gasteiger partial charge in [-0.1, -0.05) is 0 Å². The summed E-state index contributed by atoms with van der Waals surface area (Å²) in [6, 6.07) is 0. The van der Waals surface area contributed by atoms with Crippen LogP contribution in [0.1, 0.15) is 20.8 Å². The largest absolute Gasteiger partial charge is 0.502 e. The lowest BCUT2D eigenvalue weighted by molar-refractivity contribution is -0.179. The van der Waals surface area contributed by atoms with E-state index in [9.17, 15) is 4.79 Å². The standard InChI is InChI=1S/C8H14O4/c1-5(2)11-7(4)12-8(10)6(3)9/h5,7,9H,3H2,1-2,4H3. The van der Waals surface area contributed by atoms with Crippen LogP contribution in [0.3, 0.4) is 0 Å². The third-order valence-electron chi connectivity index (χ3n) is 0.972. The zero-order valence-corrected chi connectivity index (χ0v) is 7.53. The second-order valence-electron chi connectivity index (χ2n) is 2.60. The average Bonchev–Trinajstić information content (AvgIpc) is 1.84. The molecule has 1 atom stereocenters. The molecule has 0 aliphatic heterocycles. The predicted molar refractivity (Wildman–Crippen MR) is 43.5 cm³/mol. The molecule has 0 spiro atoms. The molecule has 12 heavy (non-hydrogen) atoms. The maximum absolute atomic E-state index is 10.7. The summed E-state index contributed by atoms with van der Waals surface area (Å²) in [5.41, 5.74) is 0. The van der Waals surface area contributed by atoms with Crippen LogP contribution in [0.4, 0.5) is 0 Å². The number of esters is 1. The summed E-state index contributed by atoms with van der Waals surface area (Å²) in [6.07, 6.45) is -0.693. The van der Waals surface area contributed by atoms with Crippen molar-refractivity contribution in [2.45, 2.75) is 33.2 Å². The lowest BCUT2D eigenvalue weighted by atomic mass is 10.5. The van der Waals surface area contributed by atoms with E-state index in [-0.39, 0.29) is 6.10 Å². The zero-order chi connectivity index (χ0) is 9.72. The summed E-state index contributed by atoms with van der Waals surface area (Å²) >= 11 is 0. The van der Waals surface area contributed by atoms with Crippen LogP contribution in [-0.4, -0.2) is 23.5 Å². The lowest BCUT2D eigenvalue weighted by Gasteiger charge is -2.15. The van der Waals surface area contributed by atoms with Crippen molar-refractivity contribution in [2.75, 3.05) is 0 Å². The van der Waals surface area contributed by atoms with Gasteiger partial charge in [0.15, 0.2) is 5.76 Å². The minimum absolute atomic E-state index is 0.0280. The molecule has 0 saturated carbocycles. The Hall–Kier alpha value is -1.03. The van der Waals surface area contributed by atoms with Crippen molar-refractivity contribution in [3.05, 3.63) is 12.3 Å². The topological polar surface area (TPSA) is 55.8 Å². The van der Waals surface area contributed by atoms with Crippen molar-refractivity contribution in [2.24, 2.45) is 0 Å². The fraction of sp³-hybridized carbons (Fsp3) is 0.625. The summed E-state index contributed by atoms with van der Waals surface area (Å²) in [7, 11) is 0. The van der Waals surface area contributed by atoms with Gasteiger partial charge in [-0.2, -0.15) is 0 Å². The van der Waals surface area contributed by atoms with E-state index in [1.807, 2.05) is 13.8 Å². The lowest BCUT2D eigenvalue weighted by Crippen LogP contribution is -2.22. The molecule has 0 fully saturated rings. The van der Waals surface area contributed by atoms with E-state index in [2.05, 4.69) is 11.3 Å². The molecular formula is C8H14O4. The first-order chi connectivity index (χ1) is 5.43. The Balaban J connectivity index is 3.76. The van der Waals surface area contributed by atoms with Crippen molar-refractivity contribution in [1.29, 1.82) is 0 Å². The Bertz CT molecular complexity index is 174. The van der Waals surface area contributed by atoms with Crippen molar-refractivity contribution in [1.82, 2.24) is 0 Å². The Kier molecular flexibility index (Phi) is 4.36. The van der Waals surface area contributed by atoms with E-state index in [0.717, 1.165) is 0 Å². The highest BCUT2D eigenvalue weighted by atomic mass is 16.7. The molecule has 0 radical (unpaired) electrons. The number of hydrogen-bond acceptors (Lipinski definition) is 4. The summed E-state index contributed by atoms with van der Waals surface area (Å²) < 4.78 is 9.69. The van der Waals surface area contributed by atoms with Gasteiger partial charge in [-0.15, -0.1) is 0 Å². The van der Waals surface area contributed by atoms with E-state index < -0.39 is 18.0 Å². The third kappa shape index (κ3) is 4.73. The highest BCUT2D eigenvalue weighted by Crippen LogP contribution is 2.01. The summed E-state index contributed by atoms with van der Waals surface area (Å²) in [6.45, 7) is 8.22. The monoisotopic (exact) mass is 174 g/mol. The fourth-order valence-electron chi connectivity index (χ4n) is 0.630. The van der Waals surface area contributed by atoms with E-state index in [0.29, 0.717) is 0 Å². The van der Waals surface area contributed by atoms with Gasteiger partial charge in [-0.25, -0.2) is 4.79 Å². The number of hydrogen-bond donors (Lipinski definition) is 1. The van der Waals surface area contributed by atoms with Crippen molar-refractivity contribution in [3.63, 3.8) is 0 Å². The van der Waals surface area contributed by atoms with Gasteiger partial charge in [0.1, 0.15) is 0 Å². The minimum atomic E-state index is -0.858. The molecule has 0 aliphatic carbocycles. The summed E-state index contributed by atoms with van der Waals surface area (Å²) in [5, 5.41) is 8.58. The van der Waals surface area contributed by atoms with Crippen LogP contribution in [0.5, 0.6) is 0 Å². The van der Waals surface area contributed by atoms with Crippen molar-refractivity contribution in [3.8, 4) is 0 Å². The fourth-order valence-corrected chi connectivity index (χ4v) is 0.630. The number of aliphatic hydroxyl groups is 1. The summed E-state index contributed by atoms with van der Waals surface area (Å²) in [4.78, 5) is 10.7. The highest BCUT2D eigenvalue weighted by Gasteiger charge is 2.12. The van der Waals surface area contributed by atoms with Gasteiger partial charge in [-0.3, -0.25) is 0 Å². The van der Waals surface area contributed by atoms with Crippen LogP contribution >= 0.6 is 0 Å². The number of carbonyl (C=O) groups is 1. The zero-order valence-electron chi connectivity index (χ0n) is 7.53. The van der Waals surface area contributed by atoms with Crippen LogP contribution < -0.4 is 0 Å². The molecule has 0 rings (SSSR count). The van der Waals surface area contributed by atoms with Crippen molar-refractivity contribution < 1.29 is 19.4 Å². The van der Waals surface area contributed by atoms with Gasteiger partial charge in [0, 0.05) is 0 Å². The first-order valence-electron chi connectivity index (χ1n) is 3.67. The van der Waals surface area contributed by atoms with Gasteiger partial charge in [0.25, 0.3) is 0 Å². The number of ether oxygens (including phenoxy) is 2. The molecule has 0 aromatic heterocycles. The van der Waals surface area contributed by atoms with E-state index in [1.54, 1.807) is 6.92 Å². The molecule has 1 unspecified atom stereocenters. The normalized spacial score (nSPS) is 12.7. The summed E-state index contributed by atoms with van der Waals surface area (Å²) in [5.74, 6) is -1.47. The molecule has 4 heteroatoms. The molecule has 0 aromatic carbocycles. The van der Waals surface area contributed by atoms with Gasteiger partial charge in [-0.05, 0) is 27.4 Å². The van der Waals surface area contributed by atoms with Crippen molar-refractivity contribution >= 4 is 5.97 Å². The SMILES string of the molecule is C=C(O)C(=O)OC(C)OC(C)C.